The van der Waals surface area contributed by atoms with E-state index >= 15 is 0 Å². The Morgan fingerprint density at radius 2 is 2.08 bits per heavy atom. The van der Waals surface area contributed by atoms with Crippen molar-refractivity contribution in [1.29, 1.82) is 0 Å². The molecule has 0 fully saturated rings. The van der Waals surface area contributed by atoms with Crippen LogP contribution < -0.4 is 5.56 Å². The third-order valence-corrected chi connectivity index (χ3v) is 2.55. The Morgan fingerprint density at radius 1 is 1.46 bits per heavy atom. The van der Waals surface area contributed by atoms with Crippen molar-refractivity contribution in [3.8, 4) is 0 Å². The van der Waals surface area contributed by atoms with E-state index in [1.807, 2.05) is 26.8 Å². The van der Waals surface area contributed by atoms with Crippen molar-refractivity contribution in [3.05, 3.63) is 33.2 Å². The summed E-state index contributed by atoms with van der Waals surface area (Å²) >= 11 is 5.71. The minimum Gasteiger partial charge on any atom is -0.313 e. The number of nitrogens with zero attached hydrogens (tertiary/aromatic N) is 1. The first-order valence-electron chi connectivity index (χ1n) is 4.37. The van der Waals surface area contributed by atoms with Gasteiger partial charge in [-0.25, -0.2) is 0 Å². The van der Waals surface area contributed by atoms with Crippen LogP contribution in [0, 0.1) is 13.8 Å². The Morgan fingerprint density at radius 3 is 2.54 bits per heavy atom. The van der Waals surface area contributed by atoms with Gasteiger partial charge in [0.05, 0.1) is 5.88 Å². The largest absolute Gasteiger partial charge is 0.313 e. The normalized spacial score (nSPS) is 10.5. The fourth-order valence-corrected chi connectivity index (χ4v) is 1.85. The van der Waals surface area contributed by atoms with E-state index in [1.165, 1.54) is 0 Å². The summed E-state index contributed by atoms with van der Waals surface area (Å²) in [6.07, 6.45) is 0. The van der Waals surface area contributed by atoms with E-state index in [4.69, 9.17) is 11.6 Å². The number of rotatable bonds is 2. The van der Waals surface area contributed by atoms with Crippen LogP contribution in [0.3, 0.4) is 0 Å². The molecule has 1 aromatic heterocycles. The molecule has 72 valence electrons. The van der Waals surface area contributed by atoms with Gasteiger partial charge in [-0.1, -0.05) is 0 Å². The fourth-order valence-electron chi connectivity index (χ4n) is 1.53. The van der Waals surface area contributed by atoms with E-state index in [0.29, 0.717) is 18.0 Å². The lowest BCUT2D eigenvalue weighted by Gasteiger charge is -2.10. The lowest BCUT2D eigenvalue weighted by atomic mass is 10.1. The summed E-state index contributed by atoms with van der Waals surface area (Å²) in [7, 11) is 0. The SMILES string of the molecule is CCn1c(C)cc(C)c(CCl)c1=O. The third-order valence-electron chi connectivity index (χ3n) is 2.28. The van der Waals surface area contributed by atoms with E-state index in [0.717, 1.165) is 11.3 Å². The molecule has 0 spiro atoms. The van der Waals surface area contributed by atoms with Crippen molar-refractivity contribution in [2.45, 2.75) is 33.2 Å². The van der Waals surface area contributed by atoms with Crippen molar-refractivity contribution in [2.75, 3.05) is 0 Å². The number of aromatic nitrogens is 1. The predicted octanol–water partition coefficient (Wildman–Crippen LogP) is 2.22. The summed E-state index contributed by atoms with van der Waals surface area (Å²) in [6, 6.07) is 2.00. The minimum absolute atomic E-state index is 0.0509. The Labute approximate surface area is 83.2 Å². The van der Waals surface area contributed by atoms with Crippen LogP contribution in [0.1, 0.15) is 23.7 Å². The van der Waals surface area contributed by atoms with Gasteiger partial charge in [0.15, 0.2) is 0 Å². The molecule has 0 saturated heterocycles. The zero-order valence-corrected chi connectivity index (χ0v) is 8.98. The maximum absolute atomic E-state index is 11.8. The second-order valence-corrected chi connectivity index (χ2v) is 3.40. The Kier molecular flexibility index (Phi) is 3.15. The van der Waals surface area contributed by atoms with Crippen LogP contribution in [-0.2, 0) is 12.4 Å². The van der Waals surface area contributed by atoms with Crippen molar-refractivity contribution in [1.82, 2.24) is 4.57 Å². The molecule has 1 aromatic rings. The lowest BCUT2D eigenvalue weighted by Crippen LogP contribution is -2.25. The quantitative estimate of drug-likeness (QED) is 0.670. The number of aryl methyl sites for hydroxylation is 2. The summed E-state index contributed by atoms with van der Waals surface area (Å²) in [5.41, 5.74) is 2.75. The first kappa shape index (κ1) is 10.3. The van der Waals surface area contributed by atoms with E-state index in [2.05, 4.69) is 0 Å². The van der Waals surface area contributed by atoms with Gasteiger partial charge >= 0.3 is 0 Å². The maximum atomic E-state index is 11.8. The van der Waals surface area contributed by atoms with Crippen LogP contribution in [0.25, 0.3) is 0 Å². The topological polar surface area (TPSA) is 22.0 Å². The molecule has 1 heterocycles. The van der Waals surface area contributed by atoms with Crippen molar-refractivity contribution in [3.63, 3.8) is 0 Å². The van der Waals surface area contributed by atoms with E-state index in [9.17, 15) is 4.79 Å². The molecule has 0 amide bonds. The Bertz CT molecular complexity index is 337. The van der Waals surface area contributed by atoms with Gasteiger partial charge in [0.1, 0.15) is 0 Å². The Balaban J connectivity index is 3.49. The number of halogens is 1. The van der Waals surface area contributed by atoms with Gasteiger partial charge < -0.3 is 4.57 Å². The standard InChI is InChI=1S/C10H14ClNO/c1-4-12-8(3)5-7(2)9(6-11)10(12)13/h5H,4,6H2,1-3H3. The van der Waals surface area contributed by atoms with Crippen molar-refractivity contribution < 1.29 is 0 Å². The third kappa shape index (κ3) is 1.78. The molecule has 2 nitrogen and oxygen atoms in total. The number of pyridine rings is 1. The first-order valence-corrected chi connectivity index (χ1v) is 4.91. The maximum Gasteiger partial charge on any atom is 0.255 e. The lowest BCUT2D eigenvalue weighted by molar-refractivity contribution is 0.691. The van der Waals surface area contributed by atoms with Crippen molar-refractivity contribution in [2.24, 2.45) is 0 Å². The Hall–Kier alpha value is -0.760. The highest BCUT2D eigenvalue weighted by atomic mass is 35.5. The van der Waals surface area contributed by atoms with Gasteiger partial charge in [-0.15, -0.1) is 11.6 Å². The molecular formula is C10H14ClNO. The molecule has 0 radical (unpaired) electrons. The van der Waals surface area contributed by atoms with Crippen LogP contribution in [0.5, 0.6) is 0 Å². The van der Waals surface area contributed by atoms with E-state index in [1.54, 1.807) is 4.57 Å². The highest BCUT2D eigenvalue weighted by molar-refractivity contribution is 6.17. The number of hydrogen-bond donors (Lipinski definition) is 0. The van der Waals surface area contributed by atoms with Gasteiger partial charge in [-0.05, 0) is 32.4 Å². The molecule has 0 aromatic carbocycles. The summed E-state index contributed by atoms with van der Waals surface area (Å²) in [4.78, 5) is 11.8. The molecular weight excluding hydrogens is 186 g/mol. The van der Waals surface area contributed by atoms with Gasteiger partial charge in [0.2, 0.25) is 0 Å². The molecule has 13 heavy (non-hydrogen) atoms. The molecule has 0 aliphatic carbocycles. The molecule has 0 saturated carbocycles. The number of hydrogen-bond acceptors (Lipinski definition) is 1. The monoisotopic (exact) mass is 199 g/mol. The molecule has 0 atom stereocenters. The van der Waals surface area contributed by atoms with Gasteiger partial charge in [-0.3, -0.25) is 4.79 Å². The van der Waals surface area contributed by atoms with Crippen LogP contribution >= 0.6 is 11.6 Å². The second kappa shape index (κ2) is 3.97. The molecule has 0 aliphatic rings. The molecule has 0 N–H and O–H groups in total. The van der Waals surface area contributed by atoms with Crippen LogP contribution in [0.2, 0.25) is 0 Å². The molecule has 0 bridgehead atoms. The second-order valence-electron chi connectivity index (χ2n) is 3.13. The first-order chi connectivity index (χ1) is 6.11. The molecule has 0 unspecified atom stereocenters. The van der Waals surface area contributed by atoms with Gasteiger partial charge in [0, 0.05) is 17.8 Å². The summed E-state index contributed by atoms with van der Waals surface area (Å²) in [5, 5.41) is 0. The average Bonchev–Trinajstić information content (AvgIpc) is 2.04. The summed E-state index contributed by atoms with van der Waals surface area (Å²) < 4.78 is 1.74. The highest BCUT2D eigenvalue weighted by Gasteiger charge is 2.07. The molecule has 0 aliphatic heterocycles. The zero-order chi connectivity index (χ0) is 10.0. The van der Waals surface area contributed by atoms with Gasteiger partial charge in [0.25, 0.3) is 5.56 Å². The smallest absolute Gasteiger partial charge is 0.255 e. The predicted molar refractivity (Wildman–Crippen MR) is 55.4 cm³/mol. The minimum atomic E-state index is 0.0509. The van der Waals surface area contributed by atoms with Crippen molar-refractivity contribution >= 4 is 11.6 Å². The number of alkyl halides is 1. The highest BCUT2D eigenvalue weighted by Crippen LogP contribution is 2.08. The summed E-state index contributed by atoms with van der Waals surface area (Å²) in [5.74, 6) is 0.297. The van der Waals surface area contributed by atoms with Crippen LogP contribution in [0.15, 0.2) is 10.9 Å². The zero-order valence-electron chi connectivity index (χ0n) is 8.22. The van der Waals surface area contributed by atoms with Crippen LogP contribution in [-0.4, -0.2) is 4.57 Å². The molecule has 3 heteroatoms. The fraction of sp³-hybridized carbons (Fsp3) is 0.500. The van der Waals surface area contributed by atoms with E-state index < -0.39 is 0 Å². The van der Waals surface area contributed by atoms with Gasteiger partial charge in [-0.2, -0.15) is 0 Å². The average molecular weight is 200 g/mol. The van der Waals surface area contributed by atoms with Crippen LogP contribution in [0.4, 0.5) is 0 Å². The van der Waals surface area contributed by atoms with E-state index in [-0.39, 0.29) is 5.56 Å². The molecule has 1 rings (SSSR count). The summed E-state index contributed by atoms with van der Waals surface area (Å²) in [6.45, 7) is 6.53.